The zero-order chi connectivity index (χ0) is 28.1. The molecule has 0 aromatic heterocycles. The molecular weight excluding hydrogens is 850 g/mol. The van der Waals surface area contributed by atoms with Gasteiger partial charge in [-0.05, 0) is 103 Å². The van der Waals surface area contributed by atoms with E-state index in [0.29, 0.717) is 6.61 Å². The molecule has 4 aromatic rings. The van der Waals surface area contributed by atoms with Crippen molar-refractivity contribution >= 4 is 106 Å². The third kappa shape index (κ3) is 13.3. The van der Waals surface area contributed by atoms with Crippen LogP contribution in [0, 0.1) is 0 Å². The van der Waals surface area contributed by atoms with Crippen molar-refractivity contribution in [2.24, 2.45) is 0 Å². The zero-order valence-corrected chi connectivity index (χ0v) is 29.7. The molecule has 0 aliphatic carbocycles. The van der Waals surface area contributed by atoms with Crippen LogP contribution in [0.15, 0.2) is 93.9 Å². The topological polar surface area (TPSA) is 29.5 Å². The fourth-order valence-electron chi connectivity index (χ4n) is 3.28. The minimum atomic E-state index is 0.271. The fraction of sp³-hybridized carbons (Fsp3) is 0.143. The van der Waals surface area contributed by atoms with E-state index in [-0.39, 0.29) is 8.93 Å². The van der Waals surface area contributed by atoms with Gasteiger partial charge in [0.25, 0.3) is 0 Å². The summed E-state index contributed by atoms with van der Waals surface area (Å²) >= 11 is 28.5. The molecule has 0 unspecified atom stereocenters. The van der Waals surface area contributed by atoms with Crippen molar-refractivity contribution in [3.05, 3.63) is 126 Å². The first-order valence-corrected chi connectivity index (χ1v) is 16.5. The summed E-state index contributed by atoms with van der Waals surface area (Å²) in [5.41, 5.74) is 4.54. The Bertz CT molecular complexity index is 1270. The molecule has 2 nitrogen and oxygen atoms in total. The predicted molar refractivity (Wildman–Crippen MR) is 182 cm³/mol. The lowest BCUT2D eigenvalue weighted by atomic mass is 10.1. The Labute approximate surface area is 276 Å². The molecule has 10 heteroatoms. The number of aromatic hydroxyl groups is 1. The number of phenolic OH excluding ortho intramolecular Hbond substituents is 1. The maximum atomic E-state index is 9.19. The van der Waals surface area contributed by atoms with Crippen LogP contribution in [0.25, 0.3) is 0 Å². The Hall–Kier alpha value is -0.475. The van der Waals surface area contributed by atoms with E-state index in [1.807, 2.05) is 61.5 Å². The maximum absolute atomic E-state index is 9.19. The average molecular weight is 874 g/mol. The largest absolute Gasteiger partial charge is 0.508 e. The second-order valence-electron chi connectivity index (χ2n) is 7.82. The van der Waals surface area contributed by atoms with Gasteiger partial charge < -0.3 is 9.84 Å². The lowest BCUT2D eigenvalue weighted by molar-refractivity contribution is 0.340. The number of benzene rings is 4. The minimum absolute atomic E-state index is 0.271. The molecule has 0 fully saturated rings. The van der Waals surface area contributed by atoms with Crippen LogP contribution in [0.1, 0.15) is 29.2 Å². The summed E-state index contributed by atoms with van der Waals surface area (Å²) in [6, 6.07) is 27.0. The van der Waals surface area contributed by atoms with Gasteiger partial charge in [0.05, 0.1) is 6.61 Å². The first-order valence-electron chi connectivity index (χ1n) is 11.4. The molecule has 0 saturated heterocycles. The first-order chi connectivity index (χ1) is 18.1. The lowest BCUT2D eigenvalue weighted by Crippen LogP contribution is -1.93. The van der Waals surface area contributed by atoms with Crippen molar-refractivity contribution in [3.8, 4) is 11.5 Å². The summed E-state index contributed by atoms with van der Waals surface area (Å²) in [4.78, 5) is 0. The Balaban J connectivity index is 0.000000235. The molecule has 0 saturated carbocycles. The minimum Gasteiger partial charge on any atom is -0.508 e. The van der Waals surface area contributed by atoms with E-state index >= 15 is 0 Å². The Morgan fingerprint density at radius 1 is 0.684 bits per heavy atom. The monoisotopic (exact) mass is 868 g/mol. The number of phenols is 1. The standard InChI is InChI=1S/C15H14BrClO.C13H10BrClO.BBr3/c1-2-18-14-6-3-11(4-7-14)9-12-10-13(16)5-8-15(12)17;14-11-3-6-13(15)10(8-11)7-9-1-4-12(16)5-2-9;2-1(3)4/h3-8,10H,2,9H2,1H3;1-6,8,16H,7H2;. The summed E-state index contributed by atoms with van der Waals surface area (Å²) in [5.74, 6) is 1.19. The molecule has 4 aromatic carbocycles. The van der Waals surface area contributed by atoms with Crippen LogP contribution in [0.5, 0.6) is 11.5 Å². The molecule has 0 atom stereocenters. The van der Waals surface area contributed by atoms with Gasteiger partial charge in [-0.25, -0.2) is 0 Å². The van der Waals surface area contributed by atoms with Gasteiger partial charge in [0.1, 0.15) is 11.5 Å². The molecule has 0 bridgehead atoms. The summed E-state index contributed by atoms with van der Waals surface area (Å²) in [6.07, 6.45) is 1.59. The molecule has 0 heterocycles. The van der Waals surface area contributed by atoms with Gasteiger partial charge >= 0.3 is 3.18 Å². The van der Waals surface area contributed by atoms with E-state index < -0.39 is 0 Å². The van der Waals surface area contributed by atoms with Crippen molar-refractivity contribution in [2.45, 2.75) is 19.8 Å². The van der Waals surface area contributed by atoms with E-state index in [1.54, 1.807) is 12.1 Å². The van der Waals surface area contributed by atoms with Gasteiger partial charge in [0.2, 0.25) is 0 Å². The Morgan fingerprint density at radius 2 is 1.08 bits per heavy atom. The average Bonchev–Trinajstić information content (AvgIpc) is 2.86. The fourth-order valence-corrected chi connectivity index (χ4v) is 4.47. The van der Waals surface area contributed by atoms with Crippen molar-refractivity contribution in [2.75, 3.05) is 6.61 Å². The van der Waals surface area contributed by atoms with Crippen LogP contribution in [0.4, 0.5) is 0 Å². The molecule has 0 aliphatic heterocycles. The molecule has 0 amide bonds. The smallest absolute Gasteiger partial charge is 0.369 e. The number of ether oxygens (including phenoxy) is 1. The van der Waals surface area contributed by atoms with Crippen LogP contribution in [0.2, 0.25) is 10.0 Å². The second-order valence-corrected chi connectivity index (χ2v) is 16.9. The van der Waals surface area contributed by atoms with Gasteiger partial charge in [-0.1, -0.05) is 79.3 Å². The van der Waals surface area contributed by atoms with Crippen molar-refractivity contribution in [1.82, 2.24) is 0 Å². The molecule has 200 valence electrons. The van der Waals surface area contributed by atoms with E-state index in [4.69, 9.17) is 27.9 Å². The summed E-state index contributed by atoms with van der Waals surface area (Å²) in [5, 5.41) is 10.7. The molecule has 0 spiro atoms. The summed E-state index contributed by atoms with van der Waals surface area (Å²) < 4.78 is 7.76. The highest BCUT2D eigenvalue weighted by Gasteiger charge is 2.04. The second kappa shape index (κ2) is 18.1. The highest BCUT2D eigenvalue weighted by atomic mass is 79.9. The van der Waals surface area contributed by atoms with Gasteiger partial charge in [0.15, 0.2) is 0 Å². The van der Waals surface area contributed by atoms with E-state index in [9.17, 15) is 5.11 Å². The molecule has 1 N–H and O–H groups in total. The van der Waals surface area contributed by atoms with E-state index in [0.717, 1.165) is 54.3 Å². The maximum Gasteiger partial charge on any atom is 0.369 e. The quantitative estimate of drug-likeness (QED) is 0.196. The van der Waals surface area contributed by atoms with Crippen LogP contribution < -0.4 is 4.74 Å². The third-order valence-electron chi connectivity index (χ3n) is 4.98. The molecule has 4 rings (SSSR count). The number of hydrogen-bond acceptors (Lipinski definition) is 2. The van der Waals surface area contributed by atoms with Gasteiger partial charge in [-0.15, -0.1) is 47.3 Å². The predicted octanol–water partition coefficient (Wildman–Crippen LogP) is 11.6. The Morgan fingerprint density at radius 3 is 1.47 bits per heavy atom. The summed E-state index contributed by atoms with van der Waals surface area (Å²) in [6.45, 7) is 2.67. The van der Waals surface area contributed by atoms with Crippen LogP contribution in [-0.4, -0.2) is 14.9 Å². The van der Waals surface area contributed by atoms with E-state index in [2.05, 4.69) is 97.3 Å². The molecular formula is C28H24BBr5Cl2O2. The van der Waals surface area contributed by atoms with Crippen molar-refractivity contribution in [3.63, 3.8) is 0 Å². The van der Waals surface area contributed by atoms with Crippen LogP contribution >= 0.6 is 102 Å². The van der Waals surface area contributed by atoms with Gasteiger partial charge in [-0.2, -0.15) is 0 Å². The zero-order valence-electron chi connectivity index (χ0n) is 20.3. The molecule has 38 heavy (non-hydrogen) atoms. The summed E-state index contributed by atoms with van der Waals surface area (Å²) in [7, 11) is 0. The Kier molecular flexibility index (Phi) is 16.0. The van der Waals surface area contributed by atoms with Crippen molar-refractivity contribution < 1.29 is 9.84 Å². The van der Waals surface area contributed by atoms with Crippen molar-refractivity contribution in [1.29, 1.82) is 0 Å². The highest BCUT2D eigenvalue weighted by Crippen LogP contribution is 2.25. The van der Waals surface area contributed by atoms with Gasteiger partial charge in [-0.3, -0.25) is 0 Å². The third-order valence-corrected chi connectivity index (χ3v) is 6.70. The number of rotatable bonds is 6. The SMILES string of the molecule is BrB(Br)Br.CCOc1ccc(Cc2cc(Br)ccc2Cl)cc1.Oc1ccc(Cc2cc(Br)ccc2Cl)cc1. The lowest BCUT2D eigenvalue weighted by Gasteiger charge is -2.07. The van der Waals surface area contributed by atoms with Crippen LogP contribution in [-0.2, 0) is 12.8 Å². The highest BCUT2D eigenvalue weighted by molar-refractivity contribution is 9.69. The van der Waals surface area contributed by atoms with E-state index in [1.165, 1.54) is 5.56 Å². The normalized spacial score (nSPS) is 10.0. The van der Waals surface area contributed by atoms with Gasteiger partial charge in [0, 0.05) is 19.0 Å². The number of halogens is 7. The first kappa shape index (κ1) is 33.7. The molecule has 0 radical (unpaired) electrons. The van der Waals surface area contributed by atoms with Crippen LogP contribution in [0.3, 0.4) is 0 Å². The number of hydrogen-bond donors (Lipinski definition) is 1. The molecule has 0 aliphatic rings.